The van der Waals surface area contributed by atoms with Gasteiger partial charge in [-0.25, -0.2) is 4.68 Å². The van der Waals surface area contributed by atoms with E-state index in [0.29, 0.717) is 43.2 Å². The third kappa shape index (κ3) is 3.90. The number of benzene rings is 1. The molecule has 7 heteroatoms. The van der Waals surface area contributed by atoms with Crippen LogP contribution in [0.3, 0.4) is 0 Å². The van der Waals surface area contributed by atoms with Gasteiger partial charge in [0.25, 0.3) is 0 Å². The molecule has 0 saturated carbocycles. The molecule has 2 amide bonds. The molecule has 0 aliphatic carbocycles. The first-order valence-corrected chi connectivity index (χ1v) is 9.26. The summed E-state index contributed by atoms with van der Waals surface area (Å²) in [6.45, 7) is 4.88. The van der Waals surface area contributed by atoms with Gasteiger partial charge in [-0.3, -0.25) is 14.5 Å². The highest BCUT2D eigenvalue weighted by Crippen LogP contribution is 2.26. The van der Waals surface area contributed by atoms with Gasteiger partial charge in [-0.05, 0) is 37.5 Å². The molecular weight excluding hydrogens is 352 g/mol. The minimum Gasteiger partial charge on any atom is -0.354 e. The first-order valence-electron chi connectivity index (χ1n) is 8.88. The number of halogens is 1. The maximum absolute atomic E-state index is 12.7. The van der Waals surface area contributed by atoms with Crippen molar-refractivity contribution in [3.05, 3.63) is 46.6 Å². The molecule has 2 heterocycles. The lowest BCUT2D eigenvalue weighted by atomic mass is 10.1. The van der Waals surface area contributed by atoms with E-state index in [2.05, 4.69) is 10.4 Å². The quantitative estimate of drug-likeness (QED) is 0.845. The Morgan fingerprint density at radius 2 is 2.08 bits per heavy atom. The lowest BCUT2D eigenvalue weighted by molar-refractivity contribution is -0.127. The molecule has 0 fully saturated rings. The van der Waals surface area contributed by atoms with E-state index in [-0.39, 0.29) is 11.8 Å². The van der Waals surface area contributed by atoms with Crippen molar-refractivity contribution in [2.24, 2.45) is 0 Å². The van der Waals surface area contributed by atoms with Crippen LogP contribution in [0.2, 0.25) is 5.02 Å². The molecular formula is C19H23ClN4O2. The van der Waals surface area contributed by atoms with E-state index >= 15 is 0 Å². The number of carbonyl (C=O) groups excluding carboxylic acids is 2. The third-order valence-electron chi connectivity index (χ3n) is 4.56. The molecule has 138 valence electrons. The summed E-state index contributed by atoms with van der Waals surface area (Å²) >= 11 is 5.88. The van der Waals surface area contributed by atoms with Gasteiger partial charge in [0.1, 0.15) is 11.9 Å². The molecule has 0 unspecified atom stereocenters. The largest absolute Gasteiger partial charge is 0.354 e. The summed E-state index contributed by atoms with van der Waals surface area (Å²) in [5.74, 6) is 0.540. The van der Waals surface area contributed by atoms with E-state index < -0.39 is 6.04 Å². The molecule has 0 saturated heterocycles. The summed E-state index contributed by atoms with van der Waals surface area (Å²) in [6.07, 6.45) is 1.62. The molecule has 26 heavy (non-hydrogen) atoms. The number of aromatic nitrogens is 2. The van der Waals surface area contributed by atoms with E-state index in [9.17, 15) is 9.59 Å². The standard InChI is InChI=1S/C19H23ClN4O2/c1-3-16(19(26)21-10-8-14-4-6-15(20)7-5-14)24-17-12-13(2)22-23(17)11-9-18(24)25/h4-7,12,16H,3,8-11H2,1-2H3,(H,21,26)/t16-/m1/s1. The Bertz CT molecular complexity index is 800. The van der Waals surface area contributed by atoms with Crippen molar-refractivity contribution in [3.8, 4) is 0 Å². The second-order valence-electron chi connectivity index (χ2n) is 6.47. The zero-order valence-corrected chi connectivity index (χ0v) is 15.8. The molecule has 2 aromatic rings. The average Bonchev–Trinajstić information content (AvgIpc) is 2.99. The van der Waals surface area contributed by atoms with Gasteiger partial charge in [-0.15, -0.1) is 0 Å². The number of fused-ring (bicyclic) bond motifs is 1. The van der Waals surface area contributed by atoms with Gasteiger partial charge < -0.3 is 5.32 Å². The number of nitrogens with zero attached hydrogens (tertiary/aromatic N) is 3. The van der Waals surface area contributed by atoms with E-state index in [1.165, 1.54) is 0 Å². The van der Waals surface area contributed by atoms with Gasteiger partial charge >= 0.3 is 0 Å². The Morgan fingerprint density at radius 1 is 1.35 bits per heavy atom. The molecule has 0 bridgehead atoms. The van der Waals surface area contributed by atoms with Crippen molar-refractivity contribution in [1.29, 1.82) is 0 Å². The number of amides is 2. The van der Waals surface area contributed by atoms with E-state index in [1.54, 1.807) is 9.58 Å². The Hall–Kier alpha value is -2.34. The highest BCUT2D eigenvalue weighted by Gasteiger charge is 2.34. The molecule has 6 nitrogen and oxygen atoms in total. The fourth-order valence-electron chi connectivity index (χ4n) is 3.26. The number of anilines is 1. The first-order chi connectivity index (χ1) is 12.5. The van der Waals surface area contributed by atoms with E-state index in [4.69, 9.17) is 11.6 Å². The lowest BCUT2D eigenvalue weighted by Crippen LogP contribution is -2.52. The van der Waals surface area contributed by atoms with Crippen LogP contribution in [0.25, 0.3) is 0 Å². The smallest absolute Gasteiger partial charge is 0.243 e. The predicted octanol–water partition coefficient (Wildman–Crippen LogP) is 2.72. The topological polar surface area (TPSA) is 67.2 Å². The minimum atomic E-state index is -0.525. The molecule has 1 aromatic heterocycles. The number of hydrogen-bond acceptors (Lipinski definition) is 3. The normalized spacial score (nSPS) is 14.9. The maximum Gasteiger partial charge on any atom is 0.243 e. The van der Waals surface area contributed by atoms with Gasteiger partial charge in [-0.2, -0.15) is 5.10 Å². The van der Waals surface area contributed by atoms with Crippen LogP contribution in [0.5, 0.6) is 0 Å². The van der Waals surface area contributed by atoms with Gasteiger partial charge in [0, 0.05) is 24.1 Å². The van der Waals surface area contributed by atoms with Gasteiger partial charge in [0.15, 0.2) is 0 Å². The average molecular weight is 375 g/mol. The molecule has 1 N–H and O–H groups in total. The van der Waals surface area contributed by atoms with Crippen LogP contribution in [-0.2, 0) is 22.6 Å². The van der Waals surface area contributed by atoms with Gasteiger partial charge in [0.2, 0.25) is 11.8 Å². The van der Waals surface area contributed by atoms with Crippen molar-refractivity contribution in [1.82, 2.24) is 15.1 Å². The Labute approximate surface area is 158 Å². The summed E-state index contributed by atoms with van der Waals surface area (Å²) < 4.78 is 1.81. The highest BCUT2D eigenvalue weighted by molar-refractivity contribution is 6.30. The number of rotatable bonds is 6. The molecule has 0 spiro atoms. The zero-order chi connectivity index (χ0) is 18.7. The highest BCUT2D eigenvalue weighted by atomic mass is 35.5. The molecule has 1 atom stereocenters. The van der Waals surface area contributed by atoms with Gasteiger partial charge in [0.05, 0.1) is 12.2 Å². The van der Waals surface area contributed by atoms with Crippen molar-refractivity contribution in [2.75, 3.05) is 11.4 Å². The summed E-state index contributed by atoms with van der Waals surface area (Å²) in [4.78, 5) is 26.8. The SMILES string of the molecule is CC[C@H](C(=O)NCCc1ccc(Cl)cc1)N1C(=O)CCn2nc(C)cc21. The Morgan fingerprint density at radius 3 is 2.77 bits per heavy atom. The predicted molar refractivity (Wildman–Crippen MR) is 101 cm³/mol. The summed E-state index contributed by atoms with van der Waals surface area (Å²) in [5.41, 5.74) is 1.95. The van der Waals surface area contributed by atoms with Crippen LogP contribution in [0, 0.1) is 6.92 Å². The Balaban J connectivity index is 1.67. The van der Waals surface area contributed by atoms with E-state index in [1.807, 2.05) is 44.2 Å². The number of carbonyl (C=O) groups is 2. The molecule has 1 aliphatic heterocycles. The molecule has 0 radical (unpaired) electrons. The molecule has 3 rings (SSSR count). The zero-order valence-electron chi connectivity index (χ0n) is 15.0. The van der Waals surface area contributed by atoms with Crippen LogP contribution in [0.4, 0.5) is 5.82 Å². The van der Waals surface area contributed by atoms with Crippen molar-refractivity contribution < 1.29 is 9.59 Å². The van der Waals surface area contributed by atoms with E-state index in [0.717, 1.165) is 11.3 Å². The number of nitrogens with one attached hydrogen (secondary N) is 1. The van der Waals surface area contributed by atoms with Crippen LogP contribution in [-0.4, -0.2) is 34.2 Å². The summed E-state index contributed by atoms with van der Waals surface area (Å²) in [6, 6.07) is 8.90. The lowest BCUT2D eigenvalue weighted by Gasteiger charge is -2.33. The summed E-state index contributed by atoms with van der Waals surface area (Å²) in [5, 5.41) is 8.05. The summed E-state index contributed by atoms with van der Waals surface area (Å²) in [7, 11) is 0. The third-order valence-corrected chi connectivity index (χ3v) is 4.81. The maximum atomic E-state index is 12.7. The second kappa shape index (κ2) is 7.91. The van der Waals surface area contributed by atoms with Crippen molar-refractivity contribution in [2.45, 2.75) is 45.7 Å². The fraction of sp³-hybridized carbons (Fsp3) is 0.421. The van der Waals surface area contributed by atoms with Crippen molar-refractivity contribution >= 4 is 29.2 Å². The van der Waals surface area contributed by atoms with Crippen LogP contribution >= 0.6 is 11.6 Å². The first kappa shape index (κ1) is 18.5. The van der Waals surface area contributed by atoms with Gasteiger partial charge in [-0.1, -0.05) is 30.7 Å². The Kier molecular flexibility index (Phi) is 5.61. The van der Waals surface area contributed by atoms with Crippen LogP contribution in [0.15, 0.2) is 30.3 Å². The minimum absolute atomic E-state index is 0.0305. The monoisotopic (exact) mass is 374 g/mol. The number of aryl methyl sites for hydroxylation is 2. The fourth-order valence-corrected chi connectivity index (χ4v) is 3.38. The van der Waals surface area contributed by atoms with Crippen molar-refractivity contribution in [3.63, 3.8) is 0 Å². The number of hydrogen-bond donors (Lipinski definition) is 1. The van der Waals surface area contributed by atoms with Crippen LogP contribution in [0.1, 0.15) is 31.0 Å². The van der Waals surface area contributed by atoms with Crippen LogP contribution < -0.4 is 10.2 Å². The molecule has 1 aliphatic rings. The second-order valence-corrected chi connectivity index (χ2v) is 6.91. The molecule has 1 aromatic carbocycles.